The largest absolute Gasteiger partial charge is 0.377 e. The Labute approximate surface area is 125 Å². The summed E-state index contributed by atoms with van der Waals surface area (Å²) >= 11 is 0. The summed E-state index contributed by atoms with van der Waals surface area (Å²) in [5.41, 5.74) is -0.186. The second-order valence-corrected chi connectivity index (χ2v) is 6.15. The van der Waals surface area contributed by atoms with Gasteiger partial charge in [0.05, 0.1) is 50.8 Å². The van der Waals surface area contributed by atoms with E-state index in [1.807, 2.05) is 41.5 Å². The van der Waals surface area contributed by atoms with E-state index < -0.39 is 0 Å². The van der Waals surface area contributed by atoms with Crippen LogP contribution in [0.4, 0.5) is 0 Å². The van der Waals surface area contributed by atoms with Crippen LogP contribution in [0, 0.1) is 0 Å². The Morgan fingerprint density at radius 2 is 0.800 bits per heavy atom. The molecule has 0 fully saturated rings. The van der Waals surface area contributed by atoms with Gasteiger partial charge in [-0.25, -0.2) is 0 Å². The van der Waals surface area contributed by atoms with Gasteiger partial charge in [-0.05, 0) is 41.5 Å². The highest BCUT2D eigenvalue weighted by atomic mass is 16.6. The highest BCUT2D eigenvalue weighted by molar-refractivity contribution is 4.58. The molecule has 0 aliphatic rings. The van der Waals surface area contributed by atoms with Crippen LogP contribution in [0.3, 0.4) is 0 Å². The third-order valence-corrected chi connectivity index (χ3v) is 1.90. The van der Waals surface area contributed by atoms with E-state index in [4.69, 9.17) is 18.9 Å². The lowest BCUT2D eigenvalue weighted by Crippen LogP contribution is -2.23. The third kappa shape index (κ3) is 22.7. The van der Waals surface area contributed by atoms with Crippen LogP contribution in [0.1, 0.15) is 41.5 Å². The van der Waals surface area contributed by atoms with Gasteiger partial charge in [-0.2, -0.15) is 0 Å². The molecule has 0 aromatic heterocycles. The monoisotopic (exact) mass is 290 g/mol. The molecule has 20 heavy (non-hydrogen) atoms. The maximum Gasteiger partial charge on any atom is 0.0707 e. The molecule has 0 saturated carbocycles. The van der Waals surface area contributed by atoms with Gasteiger partial charge in [0, 0.05) is 0 Å². The summed E-state index contributed by atoms with van der Waals surface area (Å²) in [5.74, 6) is 0. The van der Waals surface area contributed by atoms with E-state index in [1.54, 1.807) is 0 Å². The average Bonchev–Trinajstić information content (AvgIpc) is 2.31. The number of rotatable bonds is 9. The lowest BCUT2D eigenvalue weighted by molar-refractivity contribution is -0.0561. The van der Waals surface area contributed by atoms with Gasteiger partial charge in [-0.1, -0.05) is 0 Å². The molecule has 0 radical (unpaired) electrons. The molecule has 0 rings (SSSR count). The standard InChI is InChI=1S/C14H30O4.C2H4/c1-13(2,3)17-11-9-15-7-8-16-10-12-18-14(4,5)6;1-2/h7-12H2,1-6H3;1-2H2. The van der Waals surface area contributed by atoms with Gasteiger partial charge in [0.2, 0.25) is 0 Å². The fourth-order valence-electron chi connectivity index (χ4n) is 1.14. The second-order valence-electron chi connectivity index (χ2n) is 6.15. The normalized spacial score (nSPS) is 11.9. The third-order valence-electron chi connectivity index (χ3n) is 1.90. The van der Waals surface area contributed by atoms with Gasteiger partial charge >= 0.3 is 0 Å². The zero-order valence-corrected chi connectivity index (χ0v) is 14.3. The molecule has 0 spiro atoms. The van der Waals surface area contributed by atoms with Gasteiger partial charge in [-0.15, -0.1) is 13.2 Å². The molecule has 0 aromatic carbocycles. The smallest absolute Gasteiger partial charge is 0.0707 e. The predicted molar refractivity (Wildman–Crippen MR) is 84.3 cm³/mol. The van der Waals surface area contributed by atoms with E-state index in [1.165, 1.54) is 0 Å². The van der Waals surface area contributed by atoms with Crippen molar-refractivity contribution < 1.29 is 18.9 Å². The van der Waals surface area contributed by atoms with Crippen LogP contribution in [0.15, 0.2) is 13.2 Å². The molecule has 122 valence electrons. The van der Waals surface area contributed by atoms with E-state index >= 15 is 0 Å². The van der Waals surface area contributed by atoms with Crippen molar-refractivity contribution in [2.24, 2.45) is 0 Å². The first kappa shape index (κ1) is 21.9. The van der Waals surface area contributed by atoms with E-state index in [-0.39, 0.29) is 11.2 Å². The minimum absolute atomic E-state index is 0.0931. The van der Waals surface area contributed by atoms with Crippen molar-refractivity contribution in [3.8, 4) is 0 Å². The fourth-order valence-corrected chi connectivity index (χ4v) is 1.14. The highest BCUT2D eigenvalue weighted by Gasteiger charge is 2.09. The molecule has 0 bridgehead atoms. The van der Waals surface area contributed by atoms with E-state index in [0.717, 1.165) is 0 Å². The first-order valence-corrected chi connectivity index (χ1v) is 7.14. The van der Waals surface area contributed by atoms with Crippen molar-refractivity contribution in [3.05, 3.63) is 13.2 Å². The molecule has 0 heterocycles. The van der Waals surface area contributed by atoms with Crippen LogP contribution >= 0.6 is 0 Å². The molecule has 0 aliphatic heterocycles. The van der Waals surface area contributed by atoms with Crippen LogP contribution in [-0.2, 0) is 18.9 Å². The summed E-state index contributed by atoms with van der Waals surface area (Å²) in [6.45, 7) is 21.9. The summed E-state index contributed by atoms with van der Waals surface area (Å²) in [6.07, 6.45) is 0. The van der Waals surface area contributed by atoms with Gasteiger partial charge in [0.25, 0.3) is 0 Å². The average molecular weight is 290 g/mol. The quantitative estimate of drug-likeness (QED) is 0.481. The van der Waals surface area contributed by atoms with E-state index in [0.29, 0.717) is 39.6 Å². The van der Waals surface area contributed by atoms with Crippen LogP contribution < -0.4 is 0 Å². The van der Waals surface area contributed by atoms with Crippen molar-refractivity contribution in [1.29, 1.82) is 0 Å². The van der Waals surface area contributed by atoms with E-state index in [9.17, 15) is 0 Å². The minimum atomic E-state index is -0.0931. The maximum atomic E-state index is 5.53. The van der Waals surface area contributed by atoms with Crippen LogP contribution in [-0.4, -0.2) is 50.8 Å². The van der Waals surface area contributed by atoms with Crippen LogP contribution in [0.2, 0.25) is 0 Å². The highest BCUT2D eigenvalue weighted by Crippen LogP contribution is 2.06. The molecule has 0 aromatic rings. The molecule has 0 unspecified atom stereocenters. The van der Waals surface area contributed by atoms with Crippen molar-refractivity contribution >= 4 is 0 Å². The minimum Gasteiger partial charge on any atom is -0.377 e. The van der Waals surface area contributed by atoms with E-state index in [2.05, 4.69) is 13.2 Å². The van der Waals surface area contributed by atoms with Crippen molar-refractivity contribution in [2.75, 3.05) is 39.6 Å². The summed E-state index contributed by atoms with van der Waals surface area (Å²) in [7, 11) is 0. The molecular weight excluding hydrogens is 256 g/mol. The maximum absolute atomic E-state index is 5.53. The SMILES string of the molecule is C=C.CC(C)(C)OCCOCCOCCOC(C)(C)C. The molecule has 0 amide bonds. The number of hydrogen-bond donors (Lipinski definition) is 0. The molecule has 0 aliphatic carbocycles. The summed E-state index contributed by atoms with van der Waals surface area (Å²) in [6, 6.07) is 0. The molecule has 0 N–H and O–H groups in total. The van der Waals surface area contributed by atoms with Gasteiger partial charge < -0.3 is 18.9 Å². The Morgan fingerprint density at radius 3 is 1.05 bits per heavy atom. The zero-order valence-electron chi connectivity index (χ0n) is 14.3. The molecule has 4 heteroatoms. The Hall–Kier alpha value is -0.420. The van der Waals surface area contributed by atoms with Crippen LogP contribution in [0.25, 0.3) is 0 Å². The Morgan fingerprint density at radius 1 is 0.550 bits per heavy atom. The molecular formula is C16H34O4. The van der Waals surface area contributed by atoms with Crippen LogP contribution in [0.5, 0.6) is 0 Å². The zero-order chi connectivity index (χ0) is 16.1. The molecule has 0 saturated heterocycles. The van der Waals surface area contributed by atoms with Gasteiger partial charge in [-0.3, -0.25) is 0 Å². The lowest BCUT2D eigenvalue weighted by Gasteiger charge is -2.19. The second kappa shape index (κ2) is 12.3. The Kier molecular flexibility index (Phi) is 13.5. The number of ether oxygens (including phenoxy) is 4. The predicted octanol–water partition coefficient (Wildman–Crippen LogP) is 3.45. The lowest BCUT2D eigenvalue weighted by atomic mass is 10.2. The summed E-state index contributed by atoms with van der Waals surface area (Å²) < 4.78 is 21.8. The van der Waals surface area contributed by atoms with Gasteiger partial charge in [0.15, 0.2) is 0 Å². The Balaban J connectivity index is 0. The summed E-state index contributed by atoms with van der Waals surface area (Å²) in [5, 5.41) is 0. The Bertz CT molecular complexity index is 182. The summed E-state index contributed by atoms with van der Waals surface area (Å²) in [4.78, 5) is 0. The first-order valence-electron chi connectivity index (χ1n) is 7.14. The molecule has 0 atom stereocenters. The first-order chi connectivity index (χ1) is 9.21. The van der Waals surface area contributed by atoms with Crippen molar-refractivity contribution in [1.82, 2.24) is 0 Å². The van der Waals surface area contributed by atoms with Gasteiger partial charge in [0.1, 0.15) is 0 Å². The topological polar surface area (TPSA) is 36.9 Å². The number of hydrogen-bond acceptors (Lipinski definition) is 4. The van der Waals surface area contributed by atoms with Crippen molar-refractivity contribution in [2.45, 2.75) is 52.7 Å². The fraction of sp³-hybridized carbons (Fsp3) is 0.875. The molecule has 4 nitrogen and oxygen atoms in total. The van der Waals surface area contributed by atoms with Crippen molar-refractivity contribution in [3.63, 3.8) is 0 Å².